The summed E-state index contributed by atoms with van der Waals surface area (Å²) in [4.78, 5) is 33.0. The van der Waals surface area contributed by atoms with E-state index >= 15 is 0 Å². The number of hydrogen-bond donors (Lipinski definition) is 3. The maximum Gasteiger partial charge on any atom is 0.453 e. The quantitative estimate of drug-likeness (QED) is 0.200. The summed E-state index contributed by atoms with van der Waals surface area (Å²) in [5.41, 5.74) is 0.946. The summed E-state index contributed by atoms with van der Waals surface area (Å²) in [6, 6.07) is 1.28. The van der Waals surface area contributed by atoms with E-state index in [1.165, 1.54) is 17.7 Å². The van der Waals surface area contributed by atoms with E-state index in [-0.39, 0.29) is 31.4 Å². The Bertz CT molecular complexity index is 1140. The highest BCUT2D eigenvalue weighted by atomic mass is 32.1. The van der Waals surface area contributed by atoms with Gasteiger partial charge in [-0.3, -0.25) is 9.59 Å². The summed E-state index contributed by atoms with van der Waals surface area (Å²) in [6.45, 7) is 3.33. The number of amides is 2. The minimum atomic E-state index is -5.60. The van der Waals surface area contributed by atoms with Gasteiger partial charge in [-0.15, -0.1) is 11.3 Å². The Morgan fingerprint density at radius 2 is 1.80 bits per heavy atom. The Morgan fingerprint density at radius 1 is 1.11 bits per heavy atom. The number of halogens is 5. The predicted octanol–water partition coefficient (Wildman–Crippen LogP) is 4.90. The molecule has 0 bridgehead atoms. The average molecular weight is 518 g/mol. The Kier molecular flexibility index (Phi) is 8.08. The van der Waals surface area contributed by atoms with Crippen LogP contribution in [0.1, 0.15) is 39.5 Å². The zero-order valence-corrected chi connectivity index (χ0v) is 19.7. The summed E-state index contributed by atoms with van der Waals surface area (Å²) >= 11 is 1.46. The van der Waals surface area contributed by atoms with E-state index in [4.69, 9.17) is 0 Å². The second kappa shape index (κ2) is 10.7. The van der Waals surface area contributed by atoms with Crippen molar-refractivity contribution < 1.29 is 31.5 Å². The number of carbonyl (C=O) groups excluding carboxylic acids is 2. The van der Waals surface area contributed by atoms with Crippen molar-refractivity contribution >= 4 is 39.7 Å². The van der Waals surface area contributed by atoms with Crippen molar-refractivity contribution in [3.8, 4) is 0 Å². The van der Waals surface area contributed by atoms with Gasteiger partial charge in [0.1, 0.15) is 22.7 Å². The van der Waals surface area contributed by atoms with E-state index in [2.05, 4.69) is 25.9 Å². The van der Waals surface area contributed by atoms with Gasteiger partial charge in [-0.25, -0.2) is 9.97 Å². The smallest absolute Gasteiger partial charge is 0.348 e. The summed E-state index contributed by atoms with van der Waals surface area (Å²) in [6.07, 6.45) is -3.06. The van der Waals surface area contributed by atoms with Crippen LogP contribution in [0.4, 0.5) is 27.8 Å². The van der Waals surface area contributed by atoms with Crippen LogP contribution in [-0.2, 0) is 9.59 Å². The molecule has 2 amide bonds. The second-order valence-corrected chi connectivity index (χ2v) is 9.17. The first-order chi connectivity index (χ1) is 16.4. The molecule has 3 N–H and O–H groups in total. The monoisotopic (exact) mass is 517 g/mol. The number of nitrogens with zero attached hydrogens (tertiary/aromatic N) is 2. The summed E-state index contributed by atoms with van der Waals surface area (Å²) in [5, 5.41) is 10.8. The van der Waals surface area contributed by atoms with Crippen molar-refractivity contribution in [3.63, 3.8) is 0 Å². The Morgan fingerprint density at radius 3 is 2.43 bits per heavy atom. The SMILES string of the molecule is CC(/C=C(\C)Nc1ncnc2sccc12)=C(/NC=O)C(=O)NC1CCC(C(F)(F)C(F)(F)F)CC1. The van der Waals surface area contributed by atoms with Gasteiger partial charge in [-0.1, -0.05) is 0 Å². The van der Waals surface area contributed by atoms with Crippen LogP contribution >= 0.6 is 11.3 Å². The first-order valence-corrected chi connectivity index (χ1v) is 11.6. The zero-order valence-electron chi connectivity index (χ0n) is 18.9. The molecule has 3 rings (SSSR count). The van der Waals surface area contributed by atoms with Crippen LogP contribution < -0.4 is 16.0 Å². The van der Waals surface area contributed by atoms with E-state index in [9.17, 15) is 31.5 Å². The highest BCUT2D eigenvalue weighted by Gasteiger charge is 2.62. The molecular formula is C22H24F5N5O2S. The third-order valence-corrected chi connectivity index (χ3v) is 6.61. The summed E-state index contributed by atoms with van der Waals surface area (Å²) in [7, 11) is 0. The van der Waals surface area contributed by atoms with Crippen molar-refractivity contribution in [2.75, 3.05) is 5.32 Å². The van der Waals surface area contributed by atoms with Gasteiger partial charge in [0.2, 0.25) is 6.41 Å². The summed E-state index contributed by atoms with van der Waals surface area (Å²) in [5.74, 6) is -6.68. The van der Waals surface area contributed by atoms with Crippen LogP contribution in [-0.4, -0.2) is 40.4 Å². The molecule has 0 atom stereocenters. The van der Waals surface area contributed by atoms with Gasteiger partial charge < -0.3 is 16.0 Å². The third-order valence-electron chi connectivity index (χ3n) is 5.79. The molecule has 1 fully saturated rings. The molecule has 1 saturated carbocycles. The van der Waals surface area contributed by atoms with Crippen LogP contribution in [0.3, 0.4) is 0 Å². The molecule has 0 unspecified atom stereocenters. The molecule has 35 heavy (non-hydrogen) atoms. The normalized spacial score (nSPS) is 20.3. The van der Waals surface area contributed by atoms with Crippen LogP contribution in [0.5, 0.6) is 0 Å². The molecule has 1 aliphatic carbocycles. The number of carbonyl (C=O) groups is 2. The minimum absolute atomic E-state index is 0.0315. The number of aromatic nitrogens is 2. The Balaban J connectivity index is 1.68. The molecule has 7 nitrogen and oxygen atoms in total. The second-order valence-electron chi connectivity index (χ2n) is 8.28. The van der Waals surface area contributed by atoms with Gasteiger partial charge in [-0.2, -0.15) is 22.0 Å². The van der Waals surface area contributed by atoms with Crippen molar-refractivity contribution in [3.05, 3.63) is 40.8 Å². The lowest BCUT2D eigenvalue weighted by atomic mass is 9.81. The first kappa shape index (κ1) is 26.5. The molecule has 2 aromatic heterocycles. The highest BCUT2D eigenvalue weighted by Crippen LogP contribution is 2.46. The van der Waals surface area contributed by atoms with Crippen molar-refractivity contribution in [2.45, 2.75) is 57.7 Å². The number of thiophene rings is 1. The number of anilines is 1. The topological polar surface area (TPSA) is 96.0 Å². The number of alkyl halides is 5. The molecule has 2 heterocycles. The largest absolute Gasteiger partial charge is 0.453 e. The molecule has 1 aliphatic rings. The lowest BCUT2D eigenvalue weighted by Crippen LogP contribution is -2.48. The van der Waals surface area contributed by atoms with Gasteiger partial charge in [0.25, 0.3) is 5.91 Å². The summed E-state index contributed by atoms with van der Waals surface area (Å²) < 4.78 is 65.1. The fraction of sp³-hybridized carbons (Fsp3) is 0.455. The van der Waals surface area contributed by atoms with Crippen LogP contribution in [0.2, 0.25) is 0 Å². The standard InChI is InChI=1S/C22H24F5N5O2S/c1-12(9-13(2)31-18-16-7-8-35-20(16)29-10-28-18)17(30-11-33)19(34)32-15-5-3-14(4-6-15)21(23,24)22(25,26)27/h7-11,14-15H,3-6H2,1-2H3,(H,30,33)(H,32,34)(H,28,29,31)/b13-9+,17-12-. The van der Waals surface area contributed by atoms with Crippen molar-refractivity contribution in [2.24, 2.45) is 5.92 Å². The number of fused-ring (bicyclic) bond motifs is 1. The minimum Gasteiger partial charge on any atom is -0.348 e. The van der Waals surface area contributed by atoms with Gasteiger partial charge in [0, 0.05) is 17.7 Å². The molecule has 0 spiro atoms. The van der Waals surface area contributed by atoms with Crippen LogP contribution in [0.25, 0.3) is 10.2 Å². The fourth-order valence-corrected chi connectivity index (χ4v) is 4.75. The number of hydrogen-bond acceptors (Lipinski definition) is 6. The zero-order chi connectivity index (χ0) is 25.8. The van der Waals surface area contributed by atoms with Gasteiger partial charge in [0.05, 0.1) is 5.39 Å². The van der Waals surface area contributed by atoms with E-state index in [0.717, 1.165) is 10.2 Å². The number of nitrogens with one attached hydrogen (secondary N) is 3. The van der Waals surface area contributed by atoms with Crippen molar-refractivity contribution in [1.82, 2.24) is 20.6 Å². The van der Waals surface area contributed by atoms with E-state index in [0.29, 0.717) is 23.5 Å². The molecule has 0 radical (unpaired) electrons. The molecular weight excluding hydrogens is 493 g/mol. The highest BCUT2D eigenvalue weighted by molar-refractivity contribution is 7.16. The average Bonchev–Trinajstić information content (AvgIpc) is 3.27. The first-order valence-electron chi connectivity index (χ1n) is 10.7. The number of rotatable bonds is 8. The molecule has 2 aromatic rings. The molecule has 0 saturated heterocycles. The van der Waals surface area contributed by atoms with Crippen LogP contribution in [0.15, 0.2) is 40.8 Å². The fourth-order valence-electron chi connectivity index (χ4n) is 4.02. The Labute approximate surface area is 201 Å². The predicted molar refractivity (Wildman–Crippen MR) is 122 cm³/mol. The lowest BCUT2D eigenvalue weighted by molar-refractivity contribution is -0.305. The van der Waals surface area contributed by atoms with Gasteiger partial charge in [-0.05, 0) is 62.6 Å². The van der Waals surface area contributed by atoms with Gasteiger partial charge in [0.15, 0.2) is 0 Å². The molecule has 190 valence electrons. The molecule has 0 aromatic carbocycles. The van der Waals surface area contributed by atoms with Crippen LogP contribution in [0, 0.1) is 5.92 Å². The van der Waals surface area contributed by atoms with Gasteiger partial charge >= 0.3 is 12.1 Å². The van der Waals surface area contributed by atoms with E-state index in [1.807, 2.05) is 11.4 Å². The van der Waals surface area contributed by atoms with Crippen molar-refractivity contribution in [1.29, 1.82) is 0 Å². The number of allylic oxidation sites excluding steroid dienone is 3. The maximum absolute atomic E-state index is 13.6. The van der Waals surface area contributed by atoms with E-state index in [1.54, 1.807) is 19.9 Å². The maximum atomic E-state index is 13.6. The molecule has 13 heteroatoms. The lowest BCUT2D eigenvalue weighted by Gasteiger charge is -2.34. The third kappa shape index (κ3) is 6.13. The Hall–Kier alpha value is -3.09. The molecule has 0 aliphatic heterocycles. The van der Waals surface area contributed by atoms with E-state index < -0.39 is 30.0 Å².